The number of rotatable bonds is 3. The monoisotopic (exact) mass is 250 g/mol. The van der Waals surface area contributed by atoms with Crippen molar-refractivity contribution in [1.29, 1.82) is 10.5 Å². The van der Waals surface area contributed by atoms with Gasteiger partial charge in [-0.1, -0.05) is 12.1 Å². The topological polar surface area (TPSA) is 95.7 Å². The number of pyridine rings is 1. The summed E-state index contributed by atoms with van der Waals surface area (Å²) in [7, 11) is 0. The van der Waals surface area contributed by atoms with Crippen LogP contribution in [0.1, 0.15) is 11.3 Å². The van der Waals surface area contributed by atoms with Gasteiger partial charge in [0, 0.05) is 6.07 Å². The number of hydrogen-bond donors (Lipinski definition) is 1. The number of nitrogens with zero attached hydrogens (tertiary/aromatic N) is 3. The molecule has 92 valence electrons. The van der Waals surface area contributed by atoms with Crippen LogP contribution in [0.3, 0.4) is 0 Å². The zero-order valence-corrected chi connectivity index (χ0v) is 10.00. The molecular weight excluding hydrogens is 240 g/mol. The van der Waals surface area contributed by atoms with E-state index in [1.54, 1.807) is 36.4 Å². The SMILES string of the molecule is N#CCc1ccc(Oc2ccc(N)c(C#N)n2)cc1. The van der Waals surface area contributed by atoms with Crippen LogP contribution >= 0.6 is 0 Å². The predicted molar refractivity (Wildman–Crippen MR) is 69.2 cm³/mol. The Morgan fingerprint density at radius 3 is 2.47 bits per heavy atom. The van der Waals surface area contributed by atoms with Crippen molar-refractivity contribution < 1.29 is 4.74 Å². The van der Waals surface area contributed by atoms with E-state index in [0.29, 0.717) is 23.7 Å². The Hall–Kier alpha value is -3.05. The molecule has 0 aliphatic rings. The summed E-state index contributed by atoms with van der Waals surface area (Å²) in [6, 6.07) is 14.2. The zero-order chi connectivity index (χ0) is 13.7. The highest BCUT2D eigenvalue weighted by Crippen LogP contribution is 2.22. The molecule has 0 bridgehead atoms. The minimum atomic E-state index is 0.138. The van der Waals surface area contributed by atoms with Gasteiger partial charge in [0.15, 0.2) is 5.69 Å². The summed E-state index contributed by atoms with van der Waals surface area (Å²) in [5.41, 5.74) is 6.95. The van der Waals surface area contributed by atoms with Crippen LogP contribution in [0.5, 0.6) is 11.6 Å². The number of benzene rings is 1. The number of aromatic nitrogens is 1. The normalized spacial score (nSPS) is 9.37. The molecule has 0 radical (unpaired) electrons. The summed E-state index contributed by atoms with van der Waals surface area (Å²) in [6.45, 7) is 0. The van der Waals surface area contributed by atoms with E-state index in [-0.39, 0.29) is 5.69 Å². The van der Waals surface area contributed by atoms with Crippen LogP contribution in [0.2, 0.25) is 0 Å². The van der Waals surface area contributed by atoms with Gasteiger partial charge in [-0.3, -0.25) is 0 Å². The minimum Gasteiger partial charge on any atom is -0.439 e. The molecule has 0 spiro atoms. The maximum atomic E-state index is 8.83. The molecule has 0 fully saturated rings. The van der Waals surface area contributed by atoms with Gasteiger partial charge in [0.2, 0.25) is 5.88 Å². The third-order valence-electron chi connectivity index (χ3n) is 2.44. The van der Waals surface area contributed by atoms with Crippen LogP contribution in [0.25, 0.3) is 0 Å². The van der Waals surface area contributed by atoms with E-state index < -0.39 is 0 Å². The Morgan fingerprint density at radius 2 is 1.84 bits per heavy atom. The maximum absolute atomic E-state index is 8.83. The first-order chi connectivity index (χ1) is 9.22. The van der Waals surface area contributed by atoms with E-state index >= 15 is 0 Å². The largest absolute Gasteiger partial charge is 0.439 e. The van der Waals surface area contributed by atoms with Crippen molar-refractivity contribution in [2.24, 2.45) is 0 Å². The number of anilines is 1. The van der Waals surface area contributed by atoms with E-state index in [9.17, 15) is 0 Å². The number of nitrogen functional groups attached to an aromatic ring is 1. The molecule has 19 heavy (non-hydrogen) atoms. The third kappa shape index (κ3) is 2.99. The van der Waals surface area contributed by atoms with Crippen molar-refractivity contribution in [2.75, 3.05) is 5.73 Å². The molecule has 0 atom stereocenters. The highest BCUT2D eigenvalue weighted by molar-refractivity contribution is 5.51. The lowest BCUT2D eigenvalue weighted by atomic mass is 10.2. The van der Waals surface area contributed by atoms with Crippen LogP contribution in [-0.4, -0.2) is 4.98 Å². The molecule has 5 heteroatoms. The number of hydrogen-bond acceptors (Lipinski definition) is 5. The fourth-order valence-corrected chi connectivity index (χ4v) is 1.49. The lowest BCUT2D eigenvalue weighted by Crippen LogP contribution is -1.96. The van der Waals surface area contributed by atoms with E-state index in [2.05, 4.69) is 11.1 Å². The van der Waals surface area contributed by atoms with E-state index in [4.69, 9.17) is 21.0 Å². The Morgan fingerprint density at radius 1 is 1.11 bits per heavy atom. The summed E-state index contributed by atoms with van der Waals surface area (Å²) in [4.78, 5) is 3.98. The summed E-state index contributed by atoms with van der Waals surface area (Å²) in [5.74, 6) is 0.890. The Kier molecular flexibility index (Phi) is 3.61. The van der Waals surface area contributed by atoms with E-state index in [1.807, 2.05) is 6.07 Å². The molecule has 0 saturated carbocycles. The van der Waals surface area contributed by atoms with Gasteiger partial charge in [-0.15, -0.1) is 0 Å². The summed E-state index contributed by atoms with van der Waals surface area (Å²) in [5, 5.41) is 17.4. The van der Waals surface area contributed by atoms with Crippen molar-refractivity contribution in [3.05, 3.63) is 47.7 Å². The lowest BCUT2D eigenvalue weighted by Gasteiger charge is -2.06. The van der Waals surface area contributed by atoms with Crippen molar-refractivity contribution in [1.82, 2.24) is 4.98 Å². The summed E-state index contributed by atoms with van der Waals surface area (Å²) in [6.07, 6.45) is 0.360. The minimum absolute atomic E-state index is 0.138. The maximum Gasteiger partial charge on any atom is 0.220 e. The second-order valence-electron chi connectivity index (χ2n) is 3.78. The molecule has 0 unspecified atom stereocenters. The molecule has 1 heterocycles. The number of nitrogens with two attached hydrogens (primary N) is 1. The molecule has 0 amide bonds. The molecule has 0 saturated heterocycles. The quantitative estimate of drug-likeness (QED) is 0.902. The molecule has 2 aromatic rings. The van der Waals surface area contributed by atoms with E-state index in [0.717, 1.165) is 5.56 Å². The van der Waals surface area contributed by atoms with Crippen LogP contribution in [-0.2, 0) is 6.42 Å². The lowest BCUT2D eigenvalue weighted by molar-refractivity contribution is 0.462. The highest BCUT2D eigenvalue weighted by atomic mass is 16.5. The summed E-state index contributed by atoms with van der Waals surface area (Å²) < 4.78 is 5.51. The molecule has 1 aromatic carbocycles. The third-order valence-corrected chi connectivity index (χ3v) is 2.44. The number of nitriles is 2. The molecule has 0 aliphatic carbocycles. The molecule has 2 rings (SSSR count). The predicted octanol–water partition coefficient (Wildman–Crippen LogP) is 2.39. The first-order valence-electron chi connectivity index (χ1n) is 5.53. The average Bonchev–Trinajstić information content (AvgIpc) is 2.43. The van der Waals surface area contributed by atoms with Crippen molar-refractivity contribution >= 4 is 5.69 Å². The second kappa shape index (κ2) is 5.52. The Balaban J connectivity index is 2.17. The molecule has 1 aromatic heterocycles. The van der Waals surface area contributed by atoms with E-state index in [1.165, 1.54) is 0 Å². The second-order valence-corrected chi connectivity index (χ2v) is 3.78. The first kappa shape index (κ1) is 12.4. The van der Waals surface area contributed by atoms with Crippen molar-refractivity contribution in [3.63, 3.8) is 0 Å². The van der Waals surface area contributed by atoms with Crippen LogP contribution in [0, 0.1) is 22.7 Å². The van der Waals surface area contributed by atoms with Crippen LogP contribution < -0.4 is 10.5 Å². The van der Waals surface area contributed by atoms with Gasteiger partial charge in [-0.25, -0.2) is 4.98 Å². The highest BCUT2D eigenvalue weighted by Gasteiger charge is 2.04. The van der Waals surface area contributed by atoms with Gasteiger partial charge in [0.1, 0.15) is 11.8 Å². The van der Waals surface area contributed by atoms with Crippen LogP contribution in [0.15, 0.2) is 36.4 Å². The van der Waals surface area contributed by atoms with Gasteiger partial charge < -0.3 is 10.5 Å². The van der Waals surface area contributed by atoms with Gasteiger partial charge >= 0.3 is 0 Å². The standard InChI is InChI=1S/C14H10N4O/c15-8-7-10-1-3-11(4-2-10)19-14-6-5-12(17)13(9-16)18-14/h1-6H,7,17H2. The zero-order valence-electron chi connectivity index (χ0n) is 10.00. The van der Waals surface area contributed by atoms with Crippen molar-refractivity contribution in [2.45, 2.75) is 6.42 Å². The average molecular weight is 250 g/mol. The molecular formula is C14H10N4O. The van der Waals surface area contributed by atoms with Gasteiger partial charge in [0.25, 0.3) is 0 Å². The summed E-state index contributed by atoms with van der Waals surface area (Å²) >= 11 is 0. The Labute approximate surface area is 110 Å². The number of ether oxygens (including phenoxy) is 1. The smallest absolute Gasteiger partial charge is 0.220 e. The van der Waals surface area contributed by atoms with Gasteiger partial charge in [-0.2, -0.15) is 10.5 Å². The van der Waals surface area contributed by atoms with Gasteiger partial charge in [0.05, 0.1) is 18.2 Å². The van der Waals surface area contributed by atoms with Crippen molar-refractivity contribution in [3.8, 4) is 23.8 Å². The fourth-order valence-electron chi connectivity index (χ4n) is 1.49. The Bertz CT molecular complexity index is 665. The first-order valence-corrected chi connectivity index (χ1v) is 5.53. The van der Waals surface area contributed by atoms with Crippen LogP contribution in [0.4, 0.5) is 5.69 Å². The fraction of sp³-hybridized carbons (Fsp3) is 0.0714. The molecule has 5 nitrogen and oxygen atoms in total. The molecule has 2 N–H and O–H groups in total. The molecule has 0 aliphatic heterocycles. The van der Waals surface area contributed by atoms with Gasteiger partial charge in [-0.05, 0) is 23.8 Å².